The van der Waals surface area contributed by atoms with Gasteiger partial charge in [-0.1, -0.05) is 53.2 Å². The summed E-state index contributed by atoms with van der Waals surface area (Å²) in [4.78, 5) is 20.6. The van der Waals surface area contributed by atoms with Gasteiger partial charge in [0.25, 0.3) is 0 Å². The summed E-state index contributed by atoms with van der Waals surface area (Å²) in [7, 11) is 0. The number of aromatic nitrogens is 2. The summed E-state index contributed by atoms with van der Waals surface area (Å²) in [5.74, 6) is 0.198. The quantitative estimate of drug-likeness (QED) is 0.376. The lowest BCUT2D eigenvalue weighted by atomic mass is 10.2. The number of ketones is 1. The molecule has 3 aromatic rings. The lowest BCUT2D eigenvalue weighted by molar-refractivity contribution is 0.102. The predicted octanol–water partition coefficient (Wildman–Crippen LogP) is 4.97. The maximum atomic E-state index is 12.2. The van der Waals surface area contributed by atoms with E-state index in [1.807, 2.05) is 24.3 Å². The molecule has 0 spiro atoms. The number of fused-ring (bicyclic) bond motifs is 1. The topological polar surface area (TPSA) is 42.9 Å². The number of carbonyl (C=O) groups excluding carboxylic acids is 1. The molecule has 0 bridgehead atoms. The van der Waals surface area contributed by atoms with E-state index in [0.717, 1.165) is 15.9 Å². The average Bonchev–Trinajstić information content (AvgIpc) is 2.83. The molecule has 0 aliphatic carbocycles. The standard InChI is InChI=1S/C14H8Cl2N2OS2/c15-12-5-9(13(16)21-12)11(19)6-20-14-8-3-1-2-4-10(8)17-7-18-14/h1-5,7H,6H2. The molecule has 2 heterocycles. The Morgan fingerprint density at radius 2 is 2.05 bits per heavy atom. The Morgan fingerprint density at radius 3 is 2.81 bits per heavy atom. The maximum Gasteiger partial charge on any atom is 0.175 e. The molecule has 106 valence electrons. The van der Waals surface area contributed by atoms with Crippen LogP contribution in [0.1, 0.15) is 10.4 Å². The van der Waals surface area contributed by atoms with E-state index in [1.54, 1.807) is 6.07 Å². The molecular weight excluding hydrogens is 347 g/mol. The molecule has 2 aromatic heterocycles. The maximum absolute atomic E-state index is 12.2. The van der Waals surface area contributed by atoms with Crippen molar-refractivity contribution in [3.8, 4) is 0 Å². The van der Waals surface area contributed by atoms with E-state index >= 15 is 0 Å². The Hall–Kier alpha value is -1.14. The number of Topliss-reactive ketones (excluding diaryl/α,β-unsaturated/α-hetero) is 1. The van der Waals surface area contributed by atoms with E-state index in [9.17, 15) is 4.79 Å². The van der Waals surface area contributed by atoms with Gasteiger partial charge >= 0.3 is 0 Å². The Bertz CT molecular complexity index is 814. The van der Waals surface area contributed by atoms with Crippen LogP contribution in [0, 0.1) is 0 Å². The summed E-state index contributed by atoms with van der Waals surface area (Å²) in [5.41, 5.74) is 1.33. The van der Waals surface area contributed by atoms with Gasteiger partial charge in [0.15, 0.2) is 5.78 Å². The van der Waals surface area contributed by atoms with Crippen molar-refractivity contribution in [2.45, 2.75) is 5.03 Å². The fraction of sp³-hybridized carbons (Fsp3) is 0.0714. The highest BCUT2D eigenvalue weighted by atomic mass is 35.5. The summed E-state index contributed by atoms with van der Waals surface area (Å²) in [5, 5.41) is 1.72. The van der Waals surface area contributed by atoms with E-state index in [0.29, 0.717) is 14.2 Å². The second-order valence-electron chi connectivity index (χ2n) is 4.15. The molecule has 0 N–H and O–H groups in total. The Balaban J connectivity index is 1.81. The summed E-state index contributed by atoms with van der Waals surface area (Å²) >= 11 is 14.4. The van der Waals surface area contributed by atoms with Crippen LogP contribution in [0.15, 0.2) is 41.7 Å². The monoisotopic (exact) mass is 354 g/mol. The smallest absolute Gasteiger partial charge is 0.175 e. The van der Waals surface area contributed by atoms with Gasteiger partial charge in [0.1, 0.15) is 15.7 Å². The summed E-state index contributed by atoms with van der Waals surface area (Å²) < 4.78 is 0.944. The lowest BCUT2D eigenvalue weighted by Crippen LogP contribution is -2.02. The van der Waals surface area contributed by atoms with Crippen molar-refractivity contribution < 1.29 is 4.79 Å². The number of rotatable bonds is 4. The molecule has 0 atom stereocenters. The van der Waals surface area contributed by atoms with Crippen LogP contribution < -0.4 is 0 Å². The predicted molar refractivity (Wildman–Crippen MR) is 88.9 cm³/mol. The second kappa shape index (κ2) is 6.32. The summed E-state index contributed by atoms with van der Waals surface area (Å²) in [6.07, 6.45) is 1.50. The van der Waals surface area contributed by atoms with Gasteiger partial charge < -0.3 is 0 Å². The molecule has 0 saturated carbocycles. The van der Waals surface area contributed by atoms with Crippen molar-refractivity contribution >= 4 is 63.0 Å². The first-order chi connectivity index (χ1) is 10.1. The van der Waals surface area contributed by atoms with E-state index in [4.69, 9.17) is 23.2 Å². The largest absolute Gasteiger partial charge is 0.293 e. The zero-order valence-corrected chi connectivity index (χ0v) is 13.7. The first-order valence-corrected chi connectivity index (χ1v) is 8.51. The fourth-order valence-electron chi connectivity index (χ4n) is 1.84. The van der Waals surface area contributed by atoms with Crippen LogP contribution in [0.3, 0.4) is 0 Å². The number of thiophene rings is 1. The molecule has 3 nitrogen and oxygen atoms in total. The first kappa shape index (κ1) is 14.8. The van der Waals surface area contributed by atoms with Crippen molar-refractivity contribution in [2.24, 2.45) is 0 Å². The van der Waals surface area contributed by atoms with E-state index in [2.05, 4.69) is 9.97 Å². The van der Waals surface area contributed by atoms with Crippen LogP contribution in [-0.4, -0.2) is 21.5 Å². The van der Waals surface area contributed by atoms with Crippen molar-refractivity contribution in [1.82, 2.24) is 9.97 Å². The third kappa shape index (κ3) is 3.21. The average molecular weight is 355 g/mol. The van der Waals surface area contributed by atoms with Gasteiger partial charge in [-0.15, -0.1) is 11.3 Å². The number of hydrogen-bond acceptors (Lipinski definition) is 5. The molecule has 0 radical (unpaired) electrons. The van der Waals surface area contributed by atoms with Gasteiger partial charge in [-0.05, 0) is 12.1 Å². The minimum absolute atomic E-state index is 0.0594. The number of hydrogen-bond donors (Lipinski definition) is 0. The van der Waals surface area contributed by atoms with Crippen LogP contribution in [0.4, 0.5) is 0 Å². The second-order valence-corrected chi connectivity index (χ2v) is 7.40. The third-order valence-electron chi connectivity index (χ3n) is 2.80. The summed E-state index contributed by atoms with van der Waals surface area (Å²) in [6, 6.07) is 9.31. The number of para-hydroxylation sites is 1. The number of benzene rings is 1. The number of nitrogens with zero attached hydrogens (tertiary/aromatic N) is 2. The molecule has 0 amide bonds. The Labute approximate surface area is 139 Å². The molecule has 0 saturated heterocycles. The van der Waals surface area contributed by atoms with Crippen LogP contribution in [-0.2, 0) is 0 Å². The molecule has 21 heavy (non-hydrogen) atoms. The van der Waals surface area contributed by atoms with Crippen LogP contribution in [0.5, 0.6) is 0 Å². The van der Waals surface area contributed by atoms with E-state index < -0.39 is 0 Å². The minimum Gasteiger partial charge on any atom is -0.293 e. The lowest BCUT2D eigenvalue weighted by Gasteiger charge is -2.03. The molecule has 0 aliphatic heterocycles. The highest BCUT2D eigenvalue weighted by Crippen LogP contribution is 2.33. The summed E-state index contributed by atoms with van der Waals surface area (Å²) in [6.45, 7) is 0. The zero-order chi connectivity index (χ0) is 14.8. The van der Waals surface area contributed by atoms with Crippen LogP contribution in [0.2, 0.25) is 8.67 Å². The SMILES string of the molecule is O=C(CSc1ncnc2ccccc12)c1cc(Cl)sc1Cl. The van der Waals surface area contributed by atoms with Crippen molar-refractivity contribution in [1.29, 1.82) is 0 Å². The van der Waals surface area contributed by atoms with Gasteiger partial charge in [-0.25, -0.2) is 9.97 Å². The minimum atomic E-state index is -0.0594. The van der Waals surface area contributed by atoms with Crippen LogP contribution >= 0.6 is 46.3 Å². The molecular formula is C14H8Cl2N2OS2. The Morgan fingerprint density at radius 1 is 1.24 bits per heavy atom. The van der Waals surface area contributed by atoms with Gasteiger partial charge in [0.05, 0.1) is 15.6 Å². The molecule has 7 heteroatoms. The number of carbonyl (C=O) groups is 1. The van der Waals surface area contributed by atoms with Gasteiger partial charge in [-0.2, -0.15) is 0 Å². The van der Waals surface area contributed by atoms with Crippen molar-refractivity contribution in [3.63, 3.8) is 0 Å². The van der Waals surface area contributed by atoms with Crippen molar-refractivity contribution in [2.75, 3.05) is 5.75 Å². The zero-order valence-electron chi connectivity index (χ0n) is 10.5. The number of thioether (sulfide) groups is 1. The van der Waals surface area contributed by atoms with E-state index in [-0.39, 0.29) is 11.5 Å². The molecule has 0 fully saturated rings. The van der Waals surface area contributed by atoms with Crippen LogP contribution in [0.25, 0.3) is 10.9 Å². The third-order valence-corrected chi connectivity index (χ3v) is 5.30. The van der Waals surface area contributed by atoms with Crippen molar-refractivity contribution in [3.05, 3.63) is 50.9 Å². The Kier molecular flexibility index (Phi) is 4.45. The number of halogens is 2. The molecule has 0 unspecified atom stereocenters. The van der Waals surface area contributed by atoms with Gasteiger partial charge in [0.2, 0.25) is 0 Å². The normalized spacial score (nSPS) is 11.0. The molecule has 0 aliphatic rings. The fourth-order valence-corrected chi connectivity index (χ4v) is 4.21. The molecule has 3 rings (SSSR count). The van der Waals surface area contributed by atoms with Gasteiger partial charge in [0, 0.05) is 10.9 Å². The molecule has 1 aromatic carbocycles. The van der Waals surface area contributed by atoms with E-state index in [1.165, 1.54) is 29.4 Å². The highest BCUT2D eigenvalue weighted by Gasteiger charge is 2.15. The highest BCUT2D eigenvalue weighted by molar-refractivity contribution is 8.00. The first-order valence-electron chi connectivity index (χ1n) is 5.96. The van der Waals surface area contributed by atoms with Gasteiger partial charge in [-0.3, -0.25) is 4.79 Å².